The van der Waals surface area contributed by atoms with Gasteiger partial charge < -0.3 is 19.3 Å². The molecule has 2 atom stereocenters. The van der Waals surface area contributed by atoms with Gasteiger partial charge in [-0.2, -0.15) is 4.98 Å². The zero-order valence-electron chi connectivity index (χ0n) is 10.7. The lowest BCUT2D eigenvalue weighted by molar-refractivity contribution is -0.142. The normalized spacial score (nSPS) is 22.4. The quantitative estimate of drug-likeness (QED) is 0.816. The Labute approximate surface area is 109 Å². The number of amides is 1. The van der Waals surface area contributed by atoms with E-state index in [1.54, 1.807) is 13.8 Å². The van der Waals surface area contributed by atoms with E-state index in [1.165, 1.54) is 4.90 Å². The molecule has 1 amide bonds. The average Bonchev–Trinajstić information content (AvgIpc) is 2.98. The van der Waals surface area contributed by atoms with Gasteiger partial charge in [0, 0.05) is 13.5 Å². The van der Waals surface area contributed by atoms with Gasteiger partial charge in [0.1, 0.15) is 5.92 Å². The second kappa shape index (κ2) is 5.35. The number of carbonyl (C=O) groups is 2. The van der Waals surface area contributed by atoms with Crippen LogP contribution in [0.4, 0.5) is 0 Å². The summed E-state index contributed by atoms with van der Waals surface area (Å²) in [5.74, 6) is -1.91. The zero-order valence-corrected chi connectivity index (χ0v) is 10.7. The van der Waals surface area contributed by atoms with Gasteiger partial charge in [-0.1, -0.05) is 5.16 Å². The molecule has 0 bridgehead atoms. The van der Waals surface area contributed by atoms with Crippen LogP contribution in [-0.2, 0) is 9.53 Å². The molecule has 0 radical (unpaired) electrons. The Balaban J connectivity index is 2.20. The fourth-order valence-electron chi connectivity index (χ4n) is 2.13. The monoisotopic (exact) mass is 269 g/mol. The molecule has 19 heavy (non-hydrogen) atoms. The van der Waals surface area contributed by atoms with E-state index in [-0.39, 0.29) is 24.9 Å². The number of carboxylic acid groups (broad SMARTS) is 1. The minimum absolute atomic E-state index is 0.0598. The summed E-state index contributed by atoms with van der Waals surface area (Å²) in [6.07, 6.45) is 0. The molecular formula is C11H15N3O5. The van der Waals surface area contributed by atoms with E-state index in [0.29, 0.717) is 6.54 Å². The Morgan fingerprint density at radius 1 is 1.47 bits per heavy atom. The molecule has 0 aromatic carbocycles. The number of aryl methyl sites for hydroxylation is 1. The second-order valence-corrected chi connectivity index (χ2v) is 4.28. The number of carbonyl (C=O) groups excluding carboxylic acids is 1. The van der Waals surface area contributed by atoms with E-state index in [9.17, 15) is 9.59 Å². The number of carboxylic acids is 1. The Morgan fingerprint density at radius 2 is 2.21 bits per heavy atom. The summed E-state index contributed by atoms with van der Waals surface area (Å²) in [4.78, 5) is 28.6. The molecule has 1 saturated heterocycles. The van der Waals surface area contributed by atoms with E-state index < -0.39 is 23.8 Å². The van der Waals surface area contributed by atoms with Crippen molar-refractivity contribution in [1.29, 1.82) is 0 Å². The van der Waals surface area contributed by atoms with Gasteiger partial charge in [0.25, 0.3) is 11.7 Å². The largest absolute Gasteiger partial charge is 0.481 e. The third-order valence-corrected chi connectivity index (χ3v) is 3.09. The van der Waals surface area contributed by atoms with Crippen LogP contribution in [0, 0.1) is 12.8 Å². The molecule has 2 unspecified atom stereocenters. The maximum atomic E-state index is 12.2. The minimum Gasteiger partial charge on any atom is -0.481 e. The van der Waals surface area contributed by atoms with Gasteiger partial charge in [0.05, 0.1) is 19.3 Å². The predicted molar refractivity (Wildman–Crippen MR) is 61.5 cm³/mol. The fourth-order valence-corrected chi connectivity index (χ4v) is 2.13. The van der Waals surface area contributed by atoms with Crippen LogP contribution in [0.2, 0.25) is 0 Å². The summed E-state index contributed by atoms with van der Waals surface area (Å²) in [7, 11) is 0. The maximum absolute atomic E-state index is 12.2. The highest BCUT2D eigenvalue weighted by atomic mass is 16.5. The number of ether oxygens (including phenoxy) is 1. The average molecular weight is 269 g/mol. The predicted octanol–water partition coefficient (Wildman–Crippen LogP) is -0.0603. The lowest BCUT2D eigenvalue weighted by atomic mass is 10.0. The molecule has 1 aromatic rings. The van der Waals surface area contributed by atoms with Crippen molar-refractivity contribution in [1.82, 2.24) is 15.0 Å². The molecule has 2 rings (SSSR count). The summed E-state index contributed by atoms with van der Waals surface area (Å²) in [6, 6.07) is -0.506. The molecule has 0 aliphatic carbocycles. The highest BCUT2D eigenvalue weighted by molar-refractivity contribution is 5.91. The zero-order chi connectivity index (χ0) is 14.0. The number of hydrogen-bond donors (Lipinski definition) is 1. The molecule has 1 fully saturated rings. The topological polar surface area (TPSA) is 106 Å². The smallest absolute Gasteiger partial charge is 0.311 e. The summed E-state index contributed by atoms with van der Waals surface area (Å²) in [5, 5.41) is 12.7. The third kappa shape index (κ3) is 2.58. The Bertz CT molecular complexity index is 486. The first-order chi connectivity index (χ1) is 9.04. The number of hydrogen-bond acceptors (Lipinski definition) is 6. The first kappa shape index (κ1) is 13.5. The van der Waals surface area contributed by atoms with Crippen molar-refractivity contribution < 1.29 is 24.0 Å². The maximum Gasteiger partial charge on any atom is 0.311 e. The SMILES string of the molecule is CCN(C(=O)c1noc(C)n1)C1COCC1C(=O)O. The molecular weight excluding hydrogens is 254 g/mol. The summed E-state index contributed by atoms with van der Waals surface area (Å²) in [6.45, 7) is 4.01. The van der Waals surface area contributed by atoms with E-state index >= 15 is 0 Å². The van der Waals surface area contributed by atoms with Crippen molar-refractivity contribution in [3.05, 3.63) is 11.7 Å². The molecule has 0 saturated carbocycles. The van der Waals surface area contributed by atoms with Gasteiger partial charge in [-0.25, -0.2) is 0 Å². The Hall–Kier alpha value is -1.96. The van der Waals surface area contributed by atoms with Gasteiger partial charge in [0.2, 0.25) is 5.89 Å². The van der Waals surface area contributed by atoms with Crippen molar-refractivity contribution in [3.63, 3.8) is 0 Å². The van der Waals surface area contributed by atoms with Crippen molar-refractivity contribution in [2.45, 2.75) is 19.9 Å². The lowest BCUT2D eigenvalue weighted by Gasteiger charge is -2.28. The molecule has 1 aromatic heterocycles. The standard InChI is InChI=1S/C11H15N3O5/c1-3-14(8-5-18-4-7(8)11(16)17)10(15)9-12-6(2)19-13-9/h7-8H,3-5H2,1-2H3,(H,16,17). The minimum atomic E-state index is -0.974. The molecule has 8 heteroatoms. The van der Waals surface area contributed by atoms with Crippen LogP contribution in [0.25, 0.3) is 0 Å². The van der Waals surface area contributed by atoms with E-state index in [0.717, 1.165) is 0 Å². The first-order valence-corrected chi connectivity index (χ1v) is 5.96. The third-order valence-electron chi connectivity index (χ3n) is 3.09. The van der Waals surface area contributed by atoms with Crippen LogP contribution >= 0.6 is 0 Å². The molecule has 0 spiro atoms. The van der Waals surface area contributed by atoms with Crippen molar-refractivity contribution >= 4 is 11.9 Å². The first-order valence-electron chi connectivity index (χ1n) is 5.96. The lowest BCUT2D eigenvalue weighted by Crippen LogP contribution is -2.46. The molecule has 1 aliphatic heterocycles. The van der Waals surface area contributed by atoms with Crippen LogP contribution in [0.15, 0.2) is 4.52 Å². The number of rotatable bonds is 4. The Kier molecular flexibility index (Phi) is 3.79. The van der Waals surface area contributed by atoms with Crippen LogP contribution in [0.3, 0.4) is 0 Å². The van der Waals surface area contributed by atoms with Crippen LogP contribution in [0.5, 0.6) is 0 Å². The van der Waals surface area contributed by atoms with E-state index in [2.05, 4.69) is 10.1 Å². The summed E-state index contributed by atoms with van der Waals surface area (Å²) < 4.78 is 9.93. The highest BCUT2D eigenvalue weighted by Gasteiger charge is 2.40. The second-order valence-electron chi connectivity index (χ2n) is 4.28. The molecule has 2 heterocycles. The van der Waals surface area contributed by atoms with E-state index in [1.807, 2.05) is 0 Å². The van der Waals surface area contributed by atoms with Gasteiger partial charge >= 0.3 is 5.97 Å². The van der Waals surface area contributed by atoms with Crippen molar-refractivity contribution in [2.24, 2.45) is 5.92 Å². The number of aromatic nitrogens is 2. The van der Waals surface area contributed by atoms with Gasteiger partial charge in [-0.15, -0.1) is 0 Å². The van der Waals surface area contributed by atoms with Crippen LogP contribution < -0.4 is 0 Å². The molecule has 104 valence electrons. The van der Waals surface area contributed by atoms with Crippen LogP contribution in [-0.4, -0.2) is 57.8 Å². The fraction of sp³-hybridized carbons (Fsp3) is 0.636. The molecule has 1 N–H and O–H groups in total. The van der Waals surface area contributed by atoms with Crippen molar-refractivity contribution in [2.75, 3.05) is 19.8 Å². The van der Waals surface area contributed by atoms with Gasteiger partial charge in [-0.3, -0.25) is 9.59 Å². The Morgan fingerprint density at radius 3 is 2.74 bits per heavy atom. The number of likely N-dealkylation sites (N-methyl/N-ethyl adjacent to an activating group) is 1. The number of nitrogens with zero attached hydrogens (tertiary/aromatic N) is 3. The molecule has 1 aliphatic rings. The summed E-state index contributed by atoms with van der Waals surface area (Å²) in [5.41, 5.74) is 0. The molecule has 8 nitrogen and oxygen atoms in total. The van der Waals surface area contributed by atoms with Crippen molar-refractivity contribution in [3.8, 4) is 0 Å². The van der Waals surface area contributed by atoms with Gasteiger partial charge in [0.15, 0.2) is 0 Å². The van der Waals surface area contributed by atoms with Crippen LogP contribution in [0.1, 0.15) is 23.4 Å². The van der Waals surface area contributed by atoms with E-state index in [4.69, 9.17) is 14.4 Å². The number of aliphatic carboxylic acids is 1. The summed E-state index contributed by atoms with van der Waals surface area (Å²) >= 11 is 0. The van der Waals surface area contributed by atoms with Gasteiger partial charge in [-0.05, 0) is 6.92 Å². The highest BCUT2D eigenvalue weighted by Crippen LogP contribution is 2.21.